The van der Waals surface area contributed by atoms with Gasteiger partial charge in [0.1, 0.15) is 10.9 Å². The number of rotatable bonds is 1. The van der Waals surface area contributed by atoms with E-state index in [1.807, 2.05) is 0 Å². The van der Waals surface area contributed by atoms with Crippen molar-refractivity contribution in [1.82, 2.24) is 15.5 Å². The van der Waals surface area contributed by atoms with Gasteiger partial charge in [-0.25, -0.2) is 4.39 Å². The predicted octanol–water partition coefficient (Wildman–Crippen LogP) is 1.20. The smallest absolute Gasteiger partial charge is 0.207 e. The third-order valence-electron chi connectivity index (χ3n) is 1.83. The highest BCUT2D eigenvalue weighted by Gasteiger charge is 2.17. The lowest BCUT2D eigenvalue weighted by atomic mass is 10.2. The Morgan fingerprint density at radius 3 is 2.93 bits per heavy atom. The monoisotopic (exact) mass is 257 g/mol. The van der Waals surface area contributed by atoms with Crippen molar-refractivity contribution in [3.8, 4) is 11.4 Å². The van der Waals surface area contributed by atoms with E-state index in [1.54, 1.807) is 17.8 Å². The number of hydrogen-bond acceptors (Lipinski definition) is 2. The molecule has 0 radical (unpaired) electrons. The molecule has 0 saturated heterocycles. The molecule has 0 aliphatic heterocycles. The molecule has 0 amide bonds. The van der Waals surface area contributed by atoms with Gasteiger partial charge in [0.2, 0.25) is 0 Å². The van der Waals surface area contributed by atoms with Crippen LogP contribution in [0.5, 0.6) is 0 Å². The third kappa shape index (κ3) is 1.52. The number of tetrazole rings is 1. The van der Waals surface area contributed by atoms with Crippen molar-refractivity contribution in [3.05, 3.63) is 28.5 Å². The van der Waals surface area contributed by atoms with Crippen LogP contribution in [0.4, 0.5) is 4.39 Å². The van der Waals surface area contributed by atoms with Crippen LogP contribution < -0.4 is 4.68 Å². The van der Waals surface area contributed by atoms with Gasteiger partial charge in [-0.15, -0.1) is 0 Å². The van der Waals surface area contributed by atoms with E-state index in [2.05, 4.69) is 31.5 Å². The molecule has 0 unspecified atom stereocenters. The van der Waals surface area contributed by atoms with Crippen molar-refractivity contribution in [1.29, 1.82) is 0 Å². The number of nitrogens with zero attached hydrogens (tertiary/aromatic N) is 3. The maximum absolute atomic E-state index is 13.0. The van der Waals surface area contributed by atoms with Crippen molar-refractivity contribution in [2.75, 3.05) is 0 Å². The lowest BCUT2D eigenvalue weighted by molar-refractivity contribution is -0.721. The van der Waals surface area contributed by atoms with E-state index in [1.165, 1.54) is 12.1 Å². The molecule has 1 aromatic heterocycles. The number of halogens is 2. The summed E-state index contributed by atoms with van der Waals surface area (Å²) in [6, 6.07) is 4.43. The van der Waals surface area contributed by atoms with E-state index in [0.717, 1.165) is 4.47 Å². The van der Waals surface area contributed by atoms with Crippen molar-refractivity contribution in [2.24, 2.45) is 7.05 Å². The number of H-pyrrole nitrogens is 1. The van der Waals surface area contributed by atoms with Crippen molar-refractivity contribution < 1.29 is 9.07 Å². The molecule has 1 N–H and O–H groups in total. The summed E-state index contributed by atoms with van der Waals surface area (Å²) in [6.45, 7) is 0. The number of benzene rings is 1. The van der Waals surface area contributed by atoms with E-state index in [4.69, 9.17) is 0 Å². The van der Waals surface area contributed by atoms with E-state index >= 15 is 0 Å². The number of nitrogens with one attached hydrogen (secondary N) is 1. The zero-order valence-electron chi connectivity index (χ0n) is 7.33. The summed E-state index contributed by atoms with van der Waals surface area (Å²) in [4.78, 5) is 0. The fraction of sp³-hybridized carbons (Fsp3) is 0.125. The largest absolute Gasteiger partial charge is 0.332 e. The summed E-state index contributed by atoms with van der Waals surface area (Å²) >= 11 is 3.32. The van der Waals surface area contributed by atoms with Crippen molar-refractivity contribution in [3.63, 3.8) is 0 Å². The quantitative estimate of drug-likeness (QED) is 0.781. The first-order valence-electron chi connectivity index (χ1n) is 3.91. The third-order valence-corrected chi connectivity index (χ3v) is 2.52. The minimum atomic E-state index is -0.300. The first-order valence-corrected chi connectivity index (χ1v) is 4.70. The van der Waals surface area contributed by atoms with E-state index in [0.29, 0.717) is 11.4 Å². The Bertz CT molecular complexity index is 468. The molecule has 0 saturated carbocycles. The van der Waals surface area contributed by atoms with E-state index in [-0.39, 0.29) is 5.82 Å². The second kappa shape index (κ2) is 3.45. The Morgan fingerprint density at radius 1 is 1.50 bits per heavy atom. The lowest BCUT2D eigenvalue weighted by Crippen LogP contribution is -2.32. The predicted molar refractivity (Wildman–Crippen MR) is 50.7 cm³/mol. The van der Waals surface area contributed by atoms with Gasteiger partial charge in [-0.05, 0) is 34.1 Å². The molecule has 0 spiro atoms. The van der Waals surface area contributed by atoms with Gasteiger partial charge in [-0.2, -0.15) is 4.68 Å². The Kier molecular flexibility index (Phi) is 2.28. The standard InChI is InChI=1S/C8H6BrFN4/c1-14-8(11-12-13-14)6-4-5(10)2-3-7(6)9/h2-4H,1H3/p+1. The fourth-order valence-electron chi connectivity index (χ4n) is 1.15. The molecule has 0 aliphatic rings. The summed E-state index contributed by atoms with van der Waals surface area (Å²) in [6.07, 6.45) is 0. The molecular formula is C8H7BrFN4+. The normalized spacial score (nSPS) is 10.5. The maximum Gasteiger partial charge on any atom is 0.332 e. The fourth-order valence-corrected chi connectivity index (χ4v) is 1.58. The molecule has 0 fully saturated rings. The SMILES string of the molecule is C[n+]1[nH]nnc1-c1cc(F)ccc1Br. The van der Waals surface area contributed by atoms with Crippen molar-refractivity contribution >= 4 is 15.9 Å². The molecule has 6 heteroatoms. The molecule has 72 valence electrons. The molecule has 0 atom stereocenters. The van der Waals surface area contributed by atoms with E-state index < -0.39 is 0 Å². The van der Waals surface area contributed by atoms with E-state index in [9.17, 15) is 4.39 Å². The van der Waals surface area contributed by atoms with Crippen LogP contribution in [0.25, 0.3) is 11.4 Å². The van der Waals surface area contributed by atoms with Crippen LogP contribution >= 0.6 is 15.9 Å². The van der Waals surface area contributed by atoms with Crippen LogP contribution in [0, 0.1) is 5.82 Å². The Hall–Kier alpha value is -1.30. The average molecular weight is 258 g/mol. The van der Waals surface area contributed by atoms with Gasteiger partial charge in [0, 0.05) is 4.47 Å². The van der Waals surface area contributed by atoms with Crippen LogP contribution in [-0.4, -0.2) is 15.5 Å². The molecule has 2 aromatic rings. The van der Waals surface area contributed by atoms with Crippen molar-refractivity contribution in [2.45, 2.75) is 0 Å². The molecule has 0 aliphatic carbocycles. The second-order valence-corrected chi connectivity index (χ2v) is 3.66. The highest BCUT2D eigenvalue weighted by Crippen LogP contribution is 2.24. The Balaban J connectivity index is 2.62. The zero-order chi connectivity index (χ0) is 10.1. The van der Waals surface area contributed by atoms with Gasteiger partial charge >= 0.3 is 5.82 Å². The zero-order valence-corrected chi connectivity index (χ0v) is 8.92. The highest BCUT2D eigenvalue weighted by molar-refractivity contribution is 9.10. The van der Waals surface area contributed by atoms with Crippen LogP contribution in [0.1, 0.15) is 0 Å². The summed E-state index contributed by atoms with van der Waals surface area (Å²) in [7, 11) is 1.76. The molecule has 2 rings (SSSR count). The number of aromatic amines is 1. The van der Waals surface area contributed by atoms with Gasteiger partial charge in [0.05, 0.1) is 12.6 Å². The highest BCUT2D eigenvalue weighted by atomic mass is 79.9. The summed E-state index contributed by atoms with van der Waals surface area (Å²) in [5.74, 6) is 0.280. The first-order chi connectivity index (χ1) is 6.68. The number of aryl methyl sites for hydroxylation is 1. The molecular weight excluding hydrogens is 251 g/mol. The molecule has 4 nitrogen and oxygen atoms in total. The van der Waals surface area contributed by atoms with Gasteiger partial charge in [-0.1, -0.05) is 5.21 Å². The second-order valence-electron chi connectivity index (χ2n) is 2.81. The van der Waals surface area contributed by atoms with Gasteiger partial charge < -0.3 is 0 Å². The summed E-state index contributed by atoms with van der Waals surface area (Å²) < 4.78 is 15.4. The minimum absolute atomic E-state index is 0.300. The Labute approximate surface area is 87.9 Å². The number of aromatic nitrogens is 4. The molecule has 1 aromatic carbocycles. The van der Waals surface area contributed by atoms with Gasteiger partial charge in [-0.3, -0.25) is 0 Å². The number of hydrogen-bond donors (Lipinski definition) is 1. The van der Waals surface area contributed by atoms with Crippen LogP contribution in [-0.2, 0) is 7.05 Å². The molecule has 14 heavy (non-hydrogen) atoms. The lowest BCUT2D eigenvalue weighted by Gasteiger charge is -1.97. The Morgan fingerprint density at radius 2 is 2.29 bits per heavy atom. The summed E-state index contributed by atoms with van der Waals surface area (Å²) in [5.41, 5.74) is 0.668. The molecule has 1 heterocycles. The topological polar surface area (TPSA) is 45.5 Å². The molecule has 0 bridgehead atoms. The maximum atomic E-state index is 13.0. The van der Waals surface area contributed by atoms with Crippen LogP contribution in [0.15, 0.2) is 22.7 Å². The summed E-state index contributed by atoms with van der Waals surface area (Å²) in [5, 5.41) is 10.1. The van der Waals surface area contributed by atoms with Crippen LogP contribution in [0.2, 0.25) is 0 Å². The average Bonchev–Trinajstić information content (AvgIpc) is 2.56. The van der Waals surface area contributed by atoms with Gasteiger partial charge in [0.15, 0.2) is 5.21 Å². The van der Waals surface area contributed by atoms with Gasteiger partial charge in [0.25, 0.3) is 0 Å². The van der Waals surface area contributed by atoms with Crippen LogP contribution in [0.3, 0.4) is 0 Å². The first kappa shape index (κ1) is 9.26. The minimum Gasteiger partial charge on any atom is -0.207 e.